The first-order valence-corrected chi connectivity index (χ1v) is 8.07. The molecule has 1 aromatic carbocycles. The maximum atomic E-state index is 11.1. The van der Waals surface area contributed by atoms with E-state index in [0.717, 1.165) is 41.7 Å². The number of rotatable bonds is 6. The van der Waals surface area contributed by atoms with E-state index in [4.69, 9.17) is 4.74 Å². The van der Waals surface area contributed by atoms with Crippen LogP contribution in [0.3, 0.4) is 0 Å². The number of non-ortho nitro benzene ring substituents is 1. The first-order valence-electron chi connectivity index (χ1n) is 8.07. The quantitative estimate of drug-likeness (QED) is 0.625. The average Bonchev–Trinajstić information content (AvgIpc) is 3.01. The molecule has 24 heavy (non-hydrogen) atoms. The number of nitrogens with one attached hydrogen (secondary N) is 2. The summed E-state index contributed by atoms with van der Waals surface area (Å²) in [6.45, 7) is 4.22. The fourth-order valence-electron chi connectivity index (χ4n) is 3.34. The average molecular weight is 330 g/mol. The van der Waals surface area contributed by atoms with Gasteiger partial charge in [0.2, 0.25) is 0 Å². The van der Waals surface area contributed by atoms with Gasteiger partial charge in [-0.2, -0.15) is 0 Å². The summed E-state index contributed by atoms with van der Waals surface area (Å²) < 4.78 is 5.38. The Morgan fingerprint density at radius 1 is 1.46 bits per heavy atom. The van der Waals surface area contributed by atoms with Gasteiger partial charge in [0.1, 0.15) is 0 Å². The van der Waals surface area contributed by atoms with Gasteiger partial charge in [-0.1, -0.05) is 0 Å². The van der Waals surface area contributed by atoms with Crippen LogP contribution < -0.4 is 10.6 Å². The Morgan fingerprint density at radius 2 is 2.29 bits per heavy atom. The van der Waals surface area contributed by atoms with Crippen molar-refractivity contribution >= 4 is 22.3 Å². The predicted octanol–water partition coefficient (Wildman–Crippen LogP) is 2.63. The van der Waals surface area contributed by atoms with E-state index in [9.17, 15) is 10.1 Å². The molecule has 2 aromatic rings. The Labute approximate surface area is 140 Å². The van der Waals surface area contributed by atoms with Crippen molar-refractivity contribution in [1.29, 1.82) is 0 Å². The number of hydrogen-bond donors (Lipinski definition) is 2. The maximum absolute atomic E-state index is 11.1. The lowest BCUT2D eigenvalue weighted by Crippen LogP contribution is -2.49. The number of anilines is 1. The SMILES string of the molecule is COCC1(CNc2cc(C)nc3ccc([N+](=O)[O-])cc23)CCCN1. The van der Waals surface area contributed by atoms with Crippen molar-refractivity contribution in [2.45, 2.75) is 25.3 Å². The van der Waals surface area contributed by atoms with Crippen LogP contribution in [-0.2, 0) is 4.74 Å². The summed E-state index contributed by atoms with van der Waals surface area (Å²) >= 11 is 0. The van der Waals surface area contributed by atoms with Gasteiger partial charge in [-0.15, -0.1) is 0 Å². The van der Waals surface area contributed by atoms with E-state index >= 15 is 0 Å². The van der Waals surface area contributed by atoms with Crippen LogP contribution in [0.5, 0.6) is 0 Å². The number of nitro benzene ring substituents is 1. The second kappa shape index (κ2) is 6.70. The van der Waals surface area contributed by atoms with E-state index in [2.05, 4.69) is 15.6 Å². The number of ether oxygens (including phenoxy) is 1. The molecule has 0 radical (unpaired) electrons. The summed E-state index contributed by atoms with van der Waals surface area (Å²) in [4.78, 5) is 15.2. The Bertz CT molecular complexity index is 757. The van der Waals surface area contributed by atoms with Gasteiger partial charge in [0.05, 0.1) is 22.6 Å². The Balaban J connectivity index is 1.92. The topological polar surface area (TPSA) is 89.3 Å². The molecule has 1 aromatic heterocycles. The third-order valence-electron chi connectivity index (χ3n) is 4.50. The van der Waals surface area contributed by atoms with Crippen molar-refractivity contribution < 1.29 is 9.66 Å². The van der Waals surface area contributed by atoms with Gasteiger partial charge in [0.25, 0.3) is 5.69 Å². The highest BCUT2D eigenvalue weighted by atomic mass is 16.6. The Morgan fingerprint density at radius 3 is 2.96 bits per heavy atom. The summed E-state index contributed by atoms with van der Waals surface area (Å²) in [5, 5.41) is 18.8. The van der Waals surface area contributed by atoms with Crippen LogP contribution in [0.2, 0.25) is 0 Å². The number of aryl methyl sites for hydroxylation is 1. The van der Waals surface area contributed by atoms with Gasteiger partial charge < -0.3 is 15.4 Å². The van der Waals surface area contributed by atoms with E-state index in [1.54, 1.807) is 19.2 Å². The highest BCUT2D eigenvalue weighted by Gasteiger charge is 2.33. The molecule has 3 rings (SSSR count). The number of hydrogen-bond acceptors (Lipinski definition) is 6. The lowest BCUT2D eigenvalue weighted by Gasteiger charge is -2.29. The Hall–Kier alpha value is -2.25. The number of fused-ring (bicyclic) bond motifs is 1. The summed E-state index contributed by atoms with van der Waals surface area (Å²) in [5.74, 6) is 0. The lowest BCUT2D eigenvalue weighted by atomic mass is 9.98. The highest BCUT2D eigenvalue weighted by molar-refractivity contribution is 5.93. The Kier molecular flexibility index (Phi) is 4.64. The molecule has 0 amide bonds. The third kappa shape index (κ3) is 3.32. The summed E-state index contributed by atoms with van der Waals surface area (Å²) in [6, 6.07) is 6.70. The molecule has 0 saturated carbocycles. The van der Waals surface area contributed by atoms with Gasteiger partial charge >= 0.3 is 0 Å². The fraction of sp³-hybridized carbons (Fsp3) is 0.471. The molecule has 1 fully saturated rings. The fourth-order valence-corrected chi connectivity index (χ4v) is 3.34. The van der Waals surface area contributed by atoms with Crippen LogP contribution in [-0.4, -0.2) is 42.3 Å². The number of nitro groups is 1. The van der Waals surface area contributed by atoms with Gasteiger partial charge in [-0.25, -0.2) is 0 Å². The van der Waals surface area contributed by atoms with Gasteiger partial charge in [0, 0.05) is 42.6 Å². The molecule has 1 aliphatic rings. The molecule has 128 valence electrons. The standard InChI is InChI=1S/C17H22N4O3/c1-12-8-16(18-10-17(11-24-2)6-3-7-19-17)14-9-13(21(22)23)4-5-15(14)20-12/h4-5,8-9,19H,3,6-7,10-11H2,1-2H3,(H,18,20). The predicted molar refractivity (Wildman–Crippen MR) is 93.5 cm³/mol. The van der Waals surface area contributed by atoms with Crippen molar-refractivity contribution in [1.82, 2.24) is 10.3 Å². The molecule has 1 atom stereocenters. The maximum Gasteiger partial charge on any atom is 0.270 e. The monoisotopic (exact) mass is 330 g/mol. The van der Waals surface area contributed by atoms with Crippen molar-refractivity contribution in [3.63, 3.8) is 0 Å². The molecule has 2 N–H and O–H groups in total. The minimum Gasteiger partial charge on any atom is -0.383 e. The van der Waals surface area contributed by atoms with E-state index in [1.165, 1.54) is 6.07 Å². The van der Waals surface area contributed by atoms with E-state index < -0.39 is 0 Å². The van der Waals surface area contributed by atoms with Crippen LogP contribution in [0, 0.1) is 17.0 Å². The van der Waals surface area contributed by atoms with Crippen LogP contribution in [0.4, 0.5) is 11.4 Å². The number of nitrogens with zero attached hydrogens (tertiary/aromatic N) is 2. The summed E-state index contributed by atoms with van der Waals surface area (Å²) in [6.07, 6.45) is 2.16. The molecule has 7 nitrogen and oxygen atoms in total. The molecule has 0 aliphatic carbocycles. The third-order valence-corrected chi connectivity index (χ3v) is 4.50. The first-order chi connectivity index (χ1) is 11.5. The number of methoxy groups -OCH3 is 1. The van der Waals surface area contributed by atoms with Crippen molar-refractivity contribution in [2.75, 3.05) is 32.1 Å². The normalized spacial score (nSPS) is 20.4. The number of aromatic nitrogens is 1. The second-order valence-corrected chi connectivity index (χ2v) is 6.37. The zero-order chi connectivity index (χ0) is 17.2. The highest BCUT2D eigenvalue weighted by Crippen LogP contribution is 2.28. The minimum atomic E-state index is -0.381. The van der Waals surface area contributed by atoms with Gasteiger partial charge in [-0.05, 0) is 38.4 Å². The van der Waals surface area contributed by atoms with E-state index in [0.29, 0.717) is 13.2 Å². The van der Waals surface area contributed by atoms with Crippen LogP contribution in [0.25, 0.3) is 10.9 Å². The molecular weight excluding hydrogens is 308 g/mol. The summed E-state index contributed by atoms with van der Waals surface area (Å²) in [7, 11) is 1.71. The van der Waals surface area contributed by atoms with Crippen molar-refractivity contribution in [3.05, 3.63) is 40.1 Å². The molecule has 1 saturated heterocycles. The molecule has 1 unspecified atom stereocenters. The van der Waals surface area contributed by atoms with Crippen molar-refractivity contribution in [2.24, 2.45) is 0 Å². The number of benzene rings is 1. The van der Waals surface area contributed by atoms with Gasteiger partial charge in [-0.3, -0.25) is 15.1 Å². The van der Waals surface area contributed by atoms with Crippen molar-refractivity contribution in [3.8, 4) is 0 Å². The molecule has 0 spiro atoms. The largest absolute Gasteiger partial charge is 0.383 e. The lowest BCUT2D eigenvalue weighted by molar-refractivity contribution is -0.384. The molecule has 0 bridgehead atoms. The van der Waals surface area contributed by atoms with Crippen LogP contribution >= 0.6 is 0 Å². The molecule has 1 aliphatic heterocycles. The van der Waals surface area contributed by atoms with Gasteiger partial charge in [0.15, 0.2) is 0 Å². The number of pyridine rings is 1. The first kappa shape index (κ1) is 16.6. The second-order valence-electron chi connectivity index (χ2n) is 6.37. The zero-order valence-electron chi connectivity index (χ0n) is 14.0. The van der Waals surface area contributed by atoms with Crippen LogP contribution in [0.15, 0.2) is 24.3 Å². The minimum absolute atomic E-state index is 0.0711. The smallest absolute Gasteiger partial charge is 0.270 e. The zero-order valence-corrected chi connectivity index (χ0v) is 14.0. The molecular formula is C17H22N4O3. The summed E-state index contributed by atoms with van der Waals surface area (Å²) in [5.41, 5.74) is 2.47. The van der Waals surface area contributed by atoms with E-state index in [1.807, 2.05) is 13.0 Å². The molecule has 7 heteroatoms. The van der Waals surface area contributed by atoms with Crippen LogP contribution in [0.1, 0.15) is 18.5 Å². The van der Waals surface area contributed by atoms with E-state index in [-0.39, 0.29) is 16.1 Å². The molecule has 2 heterocycles.